The van der Waals surface area contributed by atoms with E-state index < -0.39 is 5.97 Å². The number of hydrogen-bond donors (Lipinski definition) is 1. The van der Waals surface area contributed by atoms with Crippen molar-refractivity contribution in [1.29, 1.82) is 0 Å². The average Bonchev–Trinajstić information content (AvgIpc) is 2.52. The summed E-state index contributed by atoms with van der Waals surface area (Å²) in [6.45, 7) is 3.13. The fourth-order valence-corrected chi connectivity index (χ4v) is 3.50. The number of carboxylic acid groups (broad SMARTS) is 1. The fraction of sp³-hybridized carbons (Fsp3) is 0.875. The van der Waals surface area contributed by atoms with E-state index in [1.165, 1.54) is 6.42 Å². The van der Waals surface area contributed by atoms with E-state index in [0.717, 1.165) is 38.6 Å². The number of hydrogen-bond acceptors (Lipinski definition) is 3. The van der Waals surface area contributed by atoms with Gasteiger partial charge in [0.2, 0.25) is 5.91 Å². The molecule has 1 aliphatic heterocycles. The summed E-state index contributed by atoms with van der Waals surface area (Å²) in [5.74, 6) is -0.836. The number of piperidine rings is 1. The van der Waals surface area contributed by atoms with Crippen LogP contribution >= 0.6 is 0 Å². The zero-order valence-corrected chi connectivity index (χ0v) is 12.9. The quantitative estimate of drug-likeness (QED) is 0.846. The van der Waals surface area contributed by atoms with Gasteiger partial charge in [-0.05, 0) is 51.4 Å². The molecule has 1 atom stereocenters. The molecule has 2 rings (SSSR count). The van der Waals surface area contributed by atoms with E-state index >= 15 is 0 Å². The van der Waals surface area contributed by atoms with E-state index in [2.05, 4.69) is 6.92 Å². The summed E-state index contributed by atoms with van der Waals surface area (Å²) in [6.07, 6.45) is 7.29. The van der Waals surface area contributed by atoms with E-state index in [9.17, 15) is 9.59 Å². The lowest BCUT2D eigenvalue weighted by molar-refractivity contribution is -0.147. The van der Waals surface area contributed by atoms with Gasteiger partial charge in [0.1, 0.15) is 6.61 Å². The Morgan fingerprint density at radius 2 is 1.86 bits per heavy atom. The third kappa shape index (κ3) is 4.43. The highest BCUT2D eigenvalue weighted by molar-refractivity contribution is 5.78. The molecular weight excluding hydrogens is 270 g/mol. The number of likely N-dealkylation sites (tertiary alicyclic amines) is 1. The van der Waals surface area contributed by atoms with Crippen LogP contribution in [0.2, 0.25) is 0 Å². The first kappa shape index (κ1) is 16.3. The van der Waals surface area contributed by atoms with Gasteiger partial charge in [-0.1, -0.05) is 6.92 Å². The van der Waals surface area contributed by atoms with E-state index in [0.29, 0.717) is 18.9 Å². The molecule has 0 bridgehead atoms. The van der Waals surface area contributed by atoms with Crippen molar-refractivity contribution >= 4 is 11.9 Å². The first-order valence-electron chi connectivity index (χ1n) is 8.25. The Hall–Kier alpha value is -1.10. The summed E-state index contributed by atoms with van der Waals surface area (Å²) < 4.78 is 5.73. The largest absolute Gasteiger partial charge is 0.481 e. The Morgan fingerprint density at radius 3 is 2.48 bits per heavy atom. The molecule has 0 aromatic carbocycles. The summed E-state index contributed by atoms with van der Waals surface area (Å²) in [4.78, 5) is 25.2. The van der Waals surface area contributed by atoms with Gasteiger partial charge in [-0.3, -0.25) is 9.59 Å². The highest BCUT2D eigenvalue weighted by Gasteiger charge is 2.29. The van der Waals surface area contributed by atoms with Gasteiger partial charge in [-0.25, -0.2) is 0 Å². The second-order valence-electron chi connectivity index (χ2n) is 6.27. The smallest absolute Gasteiger partial charge is 0.306 e. The summed E-state index contributed by atoms with van der Waals surface area (Å²) in [6, 6.07) is 0.373. The van der Waals surface area contributed by atoms with Gasteiger partial charge in [-0.15, -0.1) is 0 Å². The minimum absolute atomic E-state index is 0.0504. The van der Waals surface area contributed by atoms with E-state index in [1.807, 2.05) is 4.90 Å². The molecule has 1 amide bonds. The maximum atomic E-state index is 12.3. The molecule has 5 heteroatoms. The second-order valence-corrected chi connectivity index (χ2v) is 6.27. The molecule has 21 heavy (non-hydrogen) atoms. The molecule has 2 aliphatic rings. The predicted octanol–water partition coefficient (Wildman–Crippen LogP) is 2.44. The third-order valence-corrected chi connectivity index (χ3v) is 4.88. The minimum Gasteiger partial charge on any atom is -0.481 e. The van der Waals surface area contributed by atoms with Gasteiger partial charge in [0.15, 0.2) is 0 Å². The van der Waals surface area contributed by atoms with Crippen molar-refractivity contribution in [1.82, 2.24) is 4.90 Å². The Labute approximate surface area is 126 Å². The van der Waals surface area contributed by atoms with E-state index in [-0.39, 0.29) is 24.5 Å². The first-order valence-corrected chi connectivity index (χ1v) is 8.25. The first-order chi connectivity index (χ1) is 10.1. The van der Waals surface area contributed by atoms with Crippen molar-refractivity contribution in [2.24, 2.45) is 5.92 Å². The van der Waals surface area contributed by atoms with Crippen LogP contribution in [-0.2, 0) is 14.3 Å². The Kier molecular flexibility index (Phi) is 6.03. The molecule has 0 aromatic rings. The molecule has 0 aromatic heterocycles. The molecule has 120 valence electrons. The van der Waals surface area contributed by atoms with Crippen LogP contribution in [0.3, 0.4) is 0 Å². The second kappa shape index (κ2) is 7.78. The SMILES string of the molecule is CCC1CCCCN1C(=O)COC1CCC(C(=O)O)CC1. The lowest BCUT2D eigenvalue weighted by Crippen LogP contribution is -2.45. The zero-order chi connectivity index (χ0) is 15.2. The number of carbonyl (C=O) groups is 2. The Bertz CT molecular complexity index is 363. The number of amides is 1. The van der Waals surface area contributed by atoms with Crippen LogP contribution in [0, 0.1) is 5.92 Å². The van der Waals surface area contributed by atoms with Crippen LogP contribution in [0.4, 0.5) is 0 Å². The van der Waals surface area contributed by atoms with Crippen molar-refractivity contribution in [2.45, 2.75) is 70.4 Å². The summed E-state index contributed by atoms with van der Waals surface area (Å²) in [7, 11) is 0. The van der Waals surface area contributed by atoms with Crippen LogP contribution in [0.5, 0.6) is 0 Å². The molecule has 5 nitrogen and oxygen atoms in total. The van der Waals surface area contributed by atoms with Crippen molar-refractivity contribution in [2.75, 3.05) is 13.2 Å². The van der Waals surface area contributed by atoms with Crippen molar-refractivity contribution in [3.05, 3.63) is 0 Å². The number of carboxylic acids is 1. The van der Waals surface area contributed by atoms with Crippen molar-refractivity contribution in [3.63, 3.8) is 0 Å². The molecule has 2 fully saturated rings. The van der Waals surface area contributed by atoms with Gasteiger partial charge in [0.25, 0.3) is 0 Å². The van der Waals surface area contributed by atoms with Crippen LogP contribution in [0.1, 0.15) is 58.3 Å². The molecule has 1 unspecified atom stereocenters. The van der Waals surface area contributed by atoms with E-state index in [1.54, 1.807) is 0 Å². The van der Waals surface area contributed by atoms with Crippen LogP contribution in [0.25, 0.3) is 0 Å². The highest BCUT2D eigenvalue weighted by atomic mass is 16.5. The molecule has 1 heterocycles. The number of ether oxygens (including phenoxy) is 1. The molecule has 1 aliphatic carbocycles. The normalized spacial score (nSPS) is 30.1. The van der Waals surface area contributed by atoms with Gasteiger partial charge in [0, 0.05) is 12.6 Å². The number of carbonyl (C=O) groups excluding carboxylic acids is 1. The highest BCUT2D eigenvalue weighted by Crippen LogP contribution is 2.26. The molecule has 1 saturated carbocycles. The molecule has 0 spiro atoms. The van der Waals surface area contributed by atoms with Gasteiger partial charge in [-0.2, -0.15) is 0 Å². The lowest BCUT2D eigenvalue weighted by Gasteiger charge is -2.35. The average molecular weight is 297 g/mol. The molecular formula is C16H27NO4. The van der Waals surface area contributed by atoms with E-state index in [4.69, 9.17) is 9.84 Å². The number of rotatable bonds is 5. The number of aliphatic carboxylic acids is 1. The van der Waals surface area contributed by atoms with Crippen molar-refractivity contribution < 1.29 is 19.4 Å². The van der Waals surface area contributed by atoms with Crippen LogP contribution in [-0.4, -0.2) is 47.2 Å². The molecule has 0 radical (unpaired) electrons. The van der Waals surface area contributed by atoms with Gasteiger partial charge >= 0.3 is 5.97 Å². The topological polar surface area (TPSA) is 66.8 Å². The Balaban J connectivity index is 1.73. The van der Waals surface area contributed by atoms with Gasteiger partial charge in [0.05, 0.1) is 12.0 Å². The predicted molar refractivity (Wildman–Crippen MR) is 79.0 cm³/mol. The summed E-state index contributed by atoms with van der Waals surface area (Å²) in [5, 5.41) is 8.97. The third-order valence-electron chi connectivity index (χ3n) is 4.88. The van der Waals surface area contributed by atoms with Crippen LogP contribution in [0.15, 0.2) is 0 Å². The monoisotopic (exact) mass is 297 g/mol. The molecule has 1 N–H and O–H groups in total. The molecule has 1 saturated heterocycles. The maximum absolute atomic E-state index is 12.3. The Morgan fingerprint density at radius 1 is 1.14 bits per heavy atom. The fourth-order valence-electron chi connectivity index (χ4n) is 3.50. The minimum atomic E-state index is -0.705. The van der Waals surface area contributed by atoms with Crippen molar-refractivity contribution in [3.8, 4) is 0 Å². The lowest BCUT2D eigenvalue weighted by atomic mass is 9.87. The zero-order valence-electron chi connectivity index (χ0n) is 12.9. The summed E-state index contributed by atoms with van der Waals surface area (Å²) in [5.41, 5.74) is 0. The number of nitrogens with zero attached hydrogens (tertiary/aromatic N) is 1. The standard InChI is InChI=1S/C16H27NO4/c1-2-13-5-3-4-10-17(13)15(18)11-21-14-8-6-12(7-9-14)16(19)20/h12-14H,2-11H2,1H3,(H,19,20). The summed E-state index contributed by atoms with van der Waals surface area (Å²) >= 11 is 0. The van der Waals surface area contributed by atoms with Crippen LogP contribution < -0.4 is 0 Å². The maximum Gasteiger partial charge on any atom is 0.306 e. The van der Waals surface area contributed by atoms with Gasteiger partial charge < -0.3 is 14.7 Å².